The van der Waals surface area contributed by atoms with E-state index in [0.29, 0.717) is 36.6 Å². The van der Waals surface area contributed by atoms with Gasteiger partial charge in [-0.25, -0.2) is 4.99 Å². The minimum atomic E-state index is -4.87. The van der Waals surface area contributed by atoms with Gasteiger partial charge in [0.25, 0.3) is 5.89 Å². The van der Waals surface area contributed by atoms with E-state index in [0.717, 1.165) is 35.0 Å². The van der Waals surface area contributed by atoms with Gasteiger partial charge in [0.2, 0.25) is 5.82 Å². The number of nitrogens with one attached hydrogen (secondary N) is 1. The average molecular weight is 552 g/mol. The molecule has 1 unspecified atom stereocenters. The number of aliphatic imine (C=N–C) groups is 1. The van der Waals surface area contributed by atoms with Crippen molar-refractivity contribution in [2.75, 3.05) is 18.1 Å². The Bertz CT molecular complexity index is 1640. The number of ether oxygens (including phenoxy) is 2. The van der Waals surface area contributed by atoms with E-state index < -0.39 is 12.1 Å². The predicted molar refractivity (Wildman–Crippen MR) is 141 cm³/mol. The van der Waals surface area contributed by atoms with Crippen LogP contribution in [0, 0.1) is 0 Å². The number of halogens is 3. The average Bonchev–Trinajstić information content (AvgIpc) is 3.65. The Balaban J connectivity index is 1.31. The summed E-state index contributed by atoms with van der Waals surface area (Å²) < 4.78 is 53.9. The molecule has 1 aliphatic heterocycles. The van der Waals surface area contributed by atoms with E-state index in [9.17, 15) is 18.0 Å². The fourth-order valence-electron chi connectivity index (χ4n) is 5.20. The van der Waals surface area contributed by atoms with Crippen molar-refractivity contribution >= 4 is 28.9 Å². The van der Waals surface area contributed by atoms with Gasteiger partial charge < -0.3 is 23.9 Å². The summed E-state index contributed by atoms with van der Waals surface area (Å²) >= 11 is 0. The van der Waals surface area contributed by atoms with E-state index in [4.69, 9.17) is 9.26 Å². The van der Waals surface area contributed by atoms with Gasteiger partial charge in [-0.1, -0.05) is 5.16 Å². The van der Waals surface area contributed by atoms with Crippen molar-refractivity contribution in [3.8, 4) is 28.6 Å². The van der Waals surface area contributed by atoms with Gasteiger partial charge >= 0.3 is 12.3 Å². The van der Waals surface area contributed by atoms with E-state index >= 15 is 0 Å². The first-order chi connectivity index (χ1) is 19.3. The summed E-state index contributed by atoms with van der Waals surface area (Å²) in [7, 11) is 0. The number of anilines is 1. The highest BCUT2D eigenvalue weighted by Crippen LogP contribution is 2.41. The molecule has 12 heteroatoms. The molecule has 1 N–H and O–H groups in total. The van der Waals surface area contributed by atoms with Crippen LogP contribution in [0.3, 0.4) is 0 Å². The number of rotatable bonds is 7. The highest BCUT2D eigenvalue weighted by Gasteiger charge is 2.32. The molecule has 2 aromatic carbocycles. The van der Waals surface area contributed by atoms with Gasteiger partial charge in [-0.3, -0.25) is 4.79 Å². The summed E-state index contributed by atoms with van der Waals surface area (Å²) in [5, 5.41) is 5.10. The van der Waals surface area contributed by atoms with Crippen LogP contribution in [0.15, 0.2) is 58.2 Å². The van der Waals surface area contributed by atoms with Crippen LogP contribution >= 0.6 is 0 Å². The zero-order valence-electron chi connectivity index (χ0n) is 21.4. The minimum Gasteiger partial charge on any atom is -0.466 e. The first kappa shape index (κ1) is 25.7. The third kappa shape index (κ3) is 5.16. The number of aromatic amines is 1. The van der Waals surface area contributed by atoms with Crippen LogP contribution in [0.5, 0.6) is 5.75 Å². The Morgan fingerprint density at radius 1 is 1.20 bits per heavy atom. The number of benzene rings is 2. The molecule has 0 saturated carbocycles. The monoisotopic (exact) mass is 551 g/mol. The lowest BCUT2D eigenvalue weighted by atomic mass is 10.0. The highest BCUT2D eigenvalue weighted by molar-refractivity contribution is 5.89. The van der Waals surface area contributed by atoms with Crippen LogP contribution in [0.2, 0.25) is 0 Å². The van der Waals surface area contributed by atoms with Crippen molar-refractivity contribution in [1.29, 1.82) is 0 Å². The fourth-order valence-corrected chi connectivity index (χ4v) is 5.20. The molecule has 3 heterocycles. The molecule has 2 aromatic heterocycles. The molecule has 0 saturated heterocycles. The summed E-state index contributed by atoms with van der Waals surface area (Å²) in [5.74, 6) is -0.218. The number of carbonyl (C=O) groups excluding carboxylic acids is 1. The smallest absolute Gasteiger partial charge is 0.466 e. The molecular formula is C28H24F3N5O4. The summed E-state index contributed by atoms with van der Waals surface area (Å²) in [6.07, 6.45) is 2.02. The Kier molecular flexibility index (Phi) is 6.53. The number of aromatic nitrogens is 3. The van der Waals surface area contributed by atoms with Gasteiger partial charge in [-0.05, 0) is 61.7 Å². The van der Waals surface area contributed by atoms with Crippen molar-refractivity contribution < 1.29 is 32.0 Å². The normalized spacial score (nSPS) is 16.5. The summed E-state index contributed by atoms with van der Waals surface area (Å²) in [5.41, 5.74) is 4.50. The van der Waals surface area contributed by atoms with Crippen LogP contribution in [0.25, 0.3) is 33.7 Å². The predicted octanol–water partition coefficient (Wildman–Crippen LogP) is 6.13. The highest BCUT2D eigenvalue weighted by atomic mass is 19.4. The van der Waals surface area contributed by atoms with E-state index in [-0.39, 0.29) is 23.3 Å². The molecule has 9 nitrogen and oxygen atoms in total. The van der Waals surface area contributed by atoms with Crippen molar-refractivity contribution in [1.82, 2.24) is 15.1 Å². The number of hydrogen-bond acceptors (Lipinski definition) is 8. The quantitative estimate of drug-likeness (QED) is 0.276. The second kappa shape index (κ2) is 10.2. The molecule has 1 atom stereocenters. The molecule has 0 fully saturated rings. The fraction of sp³-hybridized carbons (Fsp3) is 0.286. The van der Waals surface area contributed by atoms with Crippen LogP contribution in [0.4, 0.5) is 18.9 Å². The maximum Gasteiger partial charge on any atom is 0.573 e. The molecule has 0 spiro atoms. The third-order valence-electron chi connectivity index (χ3n) is 6.90. The second-order valence-electron chi connectivity index (χ2n) is 9.51. The molecule has 4 aromatic rings. The molecule has 40 heavy (non-hydrogen) atoms. The number of carbonyl (C=O) groups is 1. The third-order valence-corrected chi connectivity index (χ3v) is 6.90. The van der Waals surface area contributed by atoms with Crippen LogP contribution < -0.4 is 9.64 Å². The molecule has 1 aliphatic carbocycles. The summed E-state index contributed by atoms with van der Waals surface area (Å²) in [6, 6.07) is 9.83. The number of hydrogen-bond donors (Lipinski definition) is 1. The molecule has 2 aliphatic rings. The SMILES string of the molecule is CCOC(=O)CC1CCc2c1[nH]c1ccc(-c3noc(-c4cc(OC(F)(F)F)cc(N5C=NC=CC5)c4)n3)cc21. The Hall–Kier alpha value is -4.61. The van der Waals surface area contributed by atoms with Gasteiger partial charge in [0.1, 0.15) is 5.75 Å². The zero-order valence-corrected chi connectivity index (χ0v) is 21.4. The van der Waals surface area contributed by atoms with E-state index in [1.54, 1.807) is 30.2 Å². The maximum atomic E-state index is 13.0. The van der Waals surface area contributed by atoms with Crippen LogP contribution in [-0.2, 0) is 16.0 Å². The molecule has 0 bridgehead atoms. The lowest BCUT2D eigenvalue weighted by Crippen LogP contribution is -2.23. The molecular weight excluding hydrogens is 527 g/mol. The van der Waals surface area contributed by atoms with Crippen LogP contribution in [0.1, 0.15) is 36.9 Å². The number of fused-ring (bicyclic) bond motifs is 3. The summed E-state index contributed by atoms with van der Waals surface area (Å²) in [6.45, 7) is 2.57. The number of H-pyrrole nitrogens is 1. The molecule has 206 valence electrons. The Morgan fingerprint density at radius 3 is 2.85 bits per heavy atom. The van der Waals surface area contributed by atoms with Gasteiger partial charge in [-0.15, -0.1) is 13.2 Å². The molecule has 0 amide bonds. The van der Waals surface area contributed by atoms with Crippen molar-refractivity contribution in [3.63, 3.8) is 0 Å². The lowest BCUT2D eigenvalue weighted by molar-refractivity contribution is -0.274. The minimum absolute atomic E-state index is 0.0438. The van der Waals surface area contributed by atoms with Gasteiger partial charge in [0.15, 0.2) is 0 Å². The van der Waals surface area contributed by atoms with Crippen molar-refractivity contribution in [2.24, 2.45) is 4.99 Å². The first-order valence-corrected chi connectivity index (χ1v) is 12.8. The second-order valence-corrected chi connectivity index (χ2v) is 9.51. The maximum absolute atomic E-state index is 13.0. The lowest BCUT2D eigenvalue weighted by Gasteiger charge is -2.21. The number of aryl methyl sites for hydroxylation is 1. The van der Waals surface area contributed by atoms with Crippen molar-refractivity contribution in [3.05, 3.63) is 59.9 Å². The topological polar surface area (TPSA) is 106 Å². The standard InChI is InChI=1S/C28H24F3N5O4/c1-2-38-24(37)13-16-4-6-21-22-12-17(5-7-23(22)33-25(16)21)26-34-27(40-35-26)18-10-19(36-9-3-8-32-15-36)14-20(11-18)39-28(29,30)31/h3,5,7-8,10-12,14-16,33H,2,4,6,9,13H2,1H3. The van der Waals surface area contributed by atoms with E-state index in [2.05, 4.69) is 24.9 Å². The Labute approximate surface area is 226 Å². The van der Waals surface area contributed by atoms with Gasteiger partial charge in [0.05, 0.1) is 19.4 Å². The van der Waals surface area contributed by atoms with E-state index in [1.807, 2.05) is 18.2 Å². The largest absolute Gasteiger partial charge is 0.573 e. The molecule has 0 radical (unpaired) electrons. The van der Waals surface area contributed by atoms with E-state index in [1.165, 1.54) is 18.5 Å². The van der Waals surface area contributed by atoms with Crippen molar-refractivity contribution in [2.45, 2.75) is 38.5 Å². The molecule has 6 rings (SSSR count). The zero-order chi connectivity index (χ0) is 27.9. The number of esters is 1. The van der Waals surface area contributed by atoms with Gasteiger partial charge in [0, 0.05) is 58.1 Å². The Morgan fingerprint density at radius 2 is 2.08 bits per heavy atom. The van der Waals surface area contributed by atoms with Gasteiger partial charge in [-0.2, -0.15) is 4.98 Å². The number of alkyl halides is 3. The van der Waals surface area contributed by atoms with Crippen LogP contribution in [-0.4, -0.2) is 46.9 Å². The first-order valence-electron chi connectivity index (χ1n) is 12.8. The number of nitrogens with zero attached hydrogens (tertiary/aromatic N) is 4. The summed E-state index contributed by atoms with van der Waals surface area (Å²) in [4.78, 5) is 25.7.